The molecule has 1 aromatic carbocycles. The Kier molecular flexibility index (Phi) is 6.75. The van der Waals surface area contributed by atoms with E-state index >= 15 is 0 Å². The average molecular weight is 362 g/mol. The summed E-state index contributed by atoms with van der Waals surface area (Å²) in [5.41, 5.74) is 0.949. The van der Waals surface area contributed by atoms with Crippen LogP contribution in [0.3, 0.4) is 0 Å². The van der Waals surface area contributed by atoms with Crippen molar-refractivity contribution in [2.24, 2.45) is 7.05 Å². The lowest BCUT2D eigenvalue weighted by molar-refractivity contribution is 0.408. The fourth-order valence-electron chi connectivity index (χ4n) is 1.90. The molecule has 0 saturated heterocycles. The van der Waals surface area contributed by atoms with Gasteiger partial charge in [0.2, 0.25) is 5.16 Å². The minimum Gasteiger partial charge on any atom is -0.495 e. The van der Waals surface area contributed by atoms with Crippen LogP contribution in [0, 0.1) is 0 Å². The Bertz CT molecular complexity index is 622. The molecule has 0 fully saturated rings. The largest absolute Gasteiger partial charge is 0.495 e. The van der Waals surface area contributed by atoms with Crippen molar-refractivity contribution < 1.29 is 4.74 Å². The van der Waals surface area contributed by atoms with Gasteiger partial charge in [0, 0.05) is 29.9 Å². The molecule has 0 atom stereocenters. The van der Waals surface area contributed by atoms with E-state index < -0.39 is 0 Å². The second-order valence-electron chi connectivity index (χ2n) is 4.54. The molecule has 1 N–H and O–H groups in total. The quantitative estimate of drug-likeness (QED) is 0.576. The molecule has 1 aromatic heterocycles. The van der Waals surface area contributed by atoms with Crippen LogP contribution < -0.4 is 10.1 Å². The van der Waals surface area contributed by atoms with E-state index in [1.807, 2.05) is 13.1 Å². The molecule has 2 aromatic rings. The van der Waals surface area contributed by atoms with Crippen molar-refractivity contribution in [2.75, 3.05) is 19.4 Å². The van der Waals surface area contributed by atoms with Gasteiger partial charge in [-0.3, -0.25) is 0 Å². The van der Waals surface area contributed by atoms with Gasteiger partial charge in [-0.2, -0.15) is 0 Å². The second kappa shape index (κ2) is 8.57. The smallest absolute Gasteiger partial charge is 0.209 e. The van der Waals surface area contributed by atoms with Gasteiger partial charge < -0.3 is 10.1 Å². The van der Waals surface area contributed by atoms with Gasteiger partial charge in [-0.05, 0) is 35.5 Å². The lowest BCUT2D eigenvalue weighted by Gasteiger charge is -2.12. The molecule has 0 aliphatic carbocycles. The summed E-state index contributed by atoms with van der Waals surface area (Å²) in [6.45, 7) is 1.52. The highest BCUT2D eigenvalue weighted by molar-refractivity contribution is 7.99. The molecule has 0 amide bonds. The van der Waals surface area contributed by atoms with Crippen LogP contribution in [0.15, 0.2) is 17.3 Å². The van der Waals surface area contributed by atoms with Crippen molar-refractivity contribution >= 4 is 35.0 Å². The third-order valence-corrected chi connectivity index (χ3v) is 4.51. The Hall–Kier alpha value is -1.02. The Labute approximate surface area is 143 Å². The number of aromatic nitrogens is 4. The fourth-order valence-corrected chi connectivity index (χ4v) is 3.30. The van der Waals surface area contributed by atoms with Gasteiger partial charge in [0.1, 0.15) is 5.75 Å². The molecule has 0 bridgehead atoms. The molecule has 1 heterocycles. The van der Waals surface area contributed by atoms with Crippen LogP contribution in [0.5, 0.6) is 5.75 Å². The number of benzene rings is 1. The first-order valence-corrected chi connectivity index (χ1v) is 8.43. The van der Waals surface area contributed by atoms with E-state index in [2.05, 4.69) is 20.8 Å². The Morgan fingerprint density at radius 1 is 1.36 bits per heavy atom. The van der Waals surface area contributed by atoms with Crippen LogP contribution in [0.4, 0.5) is 0 Å². The Morgan fingerprint density at radius 2 is 2.18 bits per heavy atom. The first kappa shape index (κ1) is 17.3. The van der Waals surface area contributed by atoms with Crippen molar-refractivity contribution in [2.45, 2.75) is 18.1 Å². The van der Waals surface area contributed by atoms with E-state index in [9.17, 15) is 0 Å². The summed E-state index contributed by atoms with van der Waals surface area (Å²) in [7, 11) is 3.43. The summed E-state index contributed by atoms with van der Waals surface area (Å²) in [6, 6.07) is 3.54. The molecule has 22 heavy (non-hydrogen) atoms. The van der Waals surface area contributed by atoms with Gasteiger partial charge in [-0.15, -0.1) is 5.10 Å². The van der Waals surface area contributed by atoms with Crippen LogP contribution >= 0.6 is 35.0 Å². The number of hydrogen-bond donors (Lipinski definition) is 1. The van der Waals surface area contributed by atoms with Crippen molar-refractivity contribution in [3.8, 4) is 5.75 Å². The lowest BCUT2D eigenvalue weighted by atomic mass is 10.2. The number of methoxy groups -OCH3 is 1. The summed E-state index contributed by atoms with van der Waals surface area (Å²) in [6.07, 6.45) is 0.994. The third-order valence-electron chi connectivity index (χ3n) is 2.92. The molecule has 6 nitrogen and oxygen atoms in total. The molecule has 0 unspecified atom stereocenters. The van der Waals surface area contributed by atoms with E-state index in [-0.39, 0.29) is 0 Å². The summed E-state index contributed by atoms with van der Waals surface area (Å²) in [5.74, 6) is 1.60. The summed E-state index contributed by atoms with van der Waals surface area (Å²) < 4.78 is 6.98. The van der Waals surface area contributed by atoms with Gasteiger partial charge in [0.25, 0.3) is 0 Å². The third kappa shape index (κ3) is 4.74. The van der Waals surface area contributed by atoms with Gasteiger partial charge in [-0.25, -0.2) is 4.68 Å². The SMILES string of the molecule is COc1c(Cl)cc(Cl)cc1CNCCCSc1nnnn1C. The first-order chi connectivity index (χ1) is 10.6. The highest BCUT2D eigenvalue weighted by Crippen LogP contribution is 2.32. The molecular formula is C13H17Cl2N5OS. The standard InChI is InChI=1S/C13H17Cl2N5OS/c1-20-13(17-18-19-20)22-5-3-4-16-8-9-6-10(14)7-11(15)12(9)21-2/h6-7,16H,3-5,8H2,1-2H3. The molecule has 120 valence electrons. The predicted octanol–water partition coefficient (Wildman–Crippen LogP) is 2.80. The van der Waals surface area contributed by atoms with Gasteiger partial charge in [0.15, 0.2) is 0 Å². The van der Waals surface area contributed by atoms with E-state index in [1.165, 1.54) is 0 Å². The lowest BCUT2D eigenvalue weighted by Crippen LogP contribution is -2.16. The van der Waals surface area contributed by atoms with Gasteiger partial charge >= 0.3 is 0 Å². The van der Waals surface area contributed by atoms with Crippen molar-refractivity contribution in [1.29, 1.82) is 0 Å². The van der Waals surface area contributed by atoms with Crippen molar-refractivity contribution in [3.63, 3.8) is 0 Å². The molecule has 0 saturated carbocycles. The number of aryl methyl sites for hydroxylation is 1. The fraction of sp³-hybridized carbons (Fsp3) is 0.462. The van der Waals surface area contributed by atoms with E-state index in [0.29, 0.717) is 22.3 Å². The summed E-state index contributed by atoms with van der Waals surface area (Å²) in [5, 5.41) is 16.6. The van der Waals surface area contributed by atoms with Gasteiger partial charge in [0.05, 0.1) is 12.1 Å². The number of hydrogen-bond acceptors (Lipinski definition) is 6. The maximum atomic E-state index is 6.11. The van der Waals surface area contributed by atoms with E-state index in [0.717, 1.165) is 29.4 Å². The van der Waals surface area contributed by atoms with Gasteiger partial charge in [-0.1, -0.05) is 35.0 Å². The minimum atomic E-state index is 0.525. The van der Waals surface area contributed by atoms with Crippen LogP contribution in [0.1, 0.15) is 12.0 Å². The number of rotatable bonds is 8. The maximum absolute atomic E-state index is 6.11. The molecule has 0 radical (unpaired) electrons. The Morgan fingerprint density at radius 3 is 2.86 bits per heavy atom. The number of tetrazole rings is 1. The molecule has 0 aliphatic rings. The van der Waals surface area contributed by atoms with E-state index in [1.54, 1.807) is 29.6 Å². The summed E-state index contributed by atoms with van der Waals surface area (Å²) in [4.78, 5) is 0. The monoisotopic (exact) mass is 361 g/mol. The molecule has 0 aliphatic heterocycles. The molecule has 9 heteroatoms. The molecule has 0 spiro atoms. The average Bonchev–Trinajstić information content (AvgIpc) is 2.87. The number of nitrogens with one attached hydrogen (secondary N) is 1. The first-order valence-electron chi connectivity index (χ1n) is 6.69. The van der Waals surface area contributed by atoms with E-state index in [4.69, 9.17) is 27.9 Å². The van der Waals surface area contributed by atoms with Crippen LogP contribution in [-0.2, 0) is 13.6 Å². The zero-order valence-corrected chi connectivity index (χ0v) is 14.7. The normalized spacial score (nSPS) is 10.9. The highest BCUT2D eigenvalue weighted by atomic mass is 35.5. The topological polar surface area (TPSA) is 64.9 Å². The van der Waals surface area contributed by atoms with Crippen LogP contribution in [0.2, 0.25) is 10.0 Å². The van der Waals surface area contributed by atoms with Crippen LogP contribution in [0.25, 0.3) is 0 Å². The molecular weight excluding hydrogens is 345 g/mol. The predicted molar refractivity (Wildman–Crippen MR) is 88.9 cm³/mol. The number of ether oxygens (including phenoxy) is 1. The molecule has 2 rings (SSSR count). The van der Waals surface area contributed by atoms with Crippen molar-refractivity contribution in [1.82, 2.24) is 25.5 Å². The maximum Gasteiger partial charge on any atom is 0.209 e. The Balaban J connectivity index is 1.74. The second-order valence-corrected chi connectivity index (χ2v) is 6.45. The zero-order chi connectivity index (χ0) is 15.9. The van der Waals surface area contributed by atoms with Crippen LogP contribution in [-0.4, -0.2) is 39.6 Å². The zero-order valence-electron chi connectivity index (χ0n) is 12.3. The summed E-state index contributed by atoms with van der Waals surface area (Å²) >= 11 is 13.8. The number of nitrogens with zero attached hydrogens (tertiary/aromatic N) is 4. The minimum absolute atomic E-state index is 0.525. The van der Waals surface area contributed by atoms with Crippen molar-refractivity contribution in [3.05, 3.63) is 27.7 Å². The number of thioether (sulfide) groups is 1. The highest BCUT2D eigenvalue weighted by Gasteiger charge is 2.09. The number of halogens is 2.